The Balaban J connectivity index is 1.52. The number of piperazine rings is 1. The second kappa shape index (κ2) is 6.37. The molecule has 0 aromatic carbocycles. The summed E-state index contributed by atoms with van der Waals surface area (Å²) in [6, 6.07) is 0. The molecule has 6 nitrogen and oxygen atoms in total. The third kappa shape index (κ3) is 3.19. The van der Waals surface area contributed by atoms with Crippen LogP contribution in [0.5, 0.6) is 5.88 Å². The molecular formula is C14H22N4O2. The molecule has 6 heteroatoms. The average Bonchev–Trinajstić information content (AvgIpc) is 3.01. The number of hydrogen-bond donors (Lipinski definition) is 0. The van der Waals surface area contributed by atoms with Crippen LogP contribution in [0, 0.1) is 0 Å². The summed E-state index contributed by atoms with van der Waals surface area (Å²) < 4.78 is 10.8. The molecule has 3 heterocycles. The van der Waals surface area contributed by atoms with Crippen LogP contribution in [0.15, 0.2) is 12.4 Å². The predicted octanol–water partition coefficient (Wildman–Crippen LogP) is 0.786. The fourth-order valence-electron chi connectivity index (χ4n) is 2.82. The minimum absolute atomic E-state index is 0.443. The molecule has 0 N–H and O–H groups in total. The Labute approximate surface area is 119 Å². The van der Waals surface area contributed by atoms with E-state index in [1.807, 2.05) is 0 Å². The molecular weight excluding hydrogens is 256 g/mol. The zero-order valence-corrected chi connectivity index (χ0v) is 12.0. The lowest BCUT2D eigenvalue weighted by Crippen LogP contribution is -2.48. The highest BCUT2D eigenvalue weighted by molar-refractivity contribution is 5.38. The first-order chi connectivity index (χ1) is 9.85. The van der Waals surface area contributed by atoms with Crippen molar-refractivity contribution in [2.24, 2.45) is 0 Å². The van der Waals surface area contributed by atoms with E-state index in [4.69, 9.17) is 9.47 Å². The first-order valence-electron chi connectivity index (χ1n) is 7.30. The fraction of sp³-hybridized carbons (Fsp3) is 0.714. The van der Waals surface area contributed by atoms with Gasteiger partial charge in [-0.25, -0.2) is 0 Å². The highest BCUT2D eigenvalue weighted by Gasteiger charge is 2.23. The molecule has 2 aliphatic rings. The van der Waals surface area contributed by atoms with Gasteiger partial charge in [0.05, 0.1) is 25.6 Å². The summed E-state index contributed by atoms with van der Waals surface area (Å²) in [5.74, 6) is 1.48. The number of rotatable bonds is 4. The Morgan fingerprint density at radius 1 is 1.30 bits per heavy atom. The molecule has 2 fully saturated rings. The number of hydrogen-bond acceptors (Lipinski definition) is 6. The Bertz CT molecular complexity index is 429. The lowest BCUT2D eigenvalue weighted by Gasteiger charge is -2.36. The summed E-state index contributed by atoms with van der Waals surface area (Å²) in [4.78, 5) is 13.4. The van der Waals surface area contributed by atoms with Crippen molar-refractivity contribution in [3.63, 3.8) is 0 Å². The molecule has 0 spiro atoms. The van der Waals surface area contributed by atoms with Gasteiger partial charge in [-0.2, -0.15) is 4.98 Å². The Kier molecular flexibility index (Phi) is 4.32. The van der Waals surface area contributed by atoms with Crippen molar-refractivity contribution < 1.29 is 9.47 Å². The van der Waals surface area contributed by atoms with Gasteiger partial charge in [0.25, 0.3) is 0 Å². The van der Waals surface area contributed by atoms with Crippen molar-refractivity contribution in [2.45, 2.75) is 18.9 Å². The molecule has 2 saturated heterocycles. The standard InChI is InChI=1S/C14H22N4O2/c1-19-14-10-15-9-13(16-14)18-6-4-17(5-7-18)11-12-3-2-8-20-12/h9-10,12H,2-8,11H2,1H3/t12-/m0/s1. The van der Waals surface area contributed by atoms with Crippen LogP contribution < -0.4 is 9.64 Å². The first-order valence-corrected chi connectivity index (χ1v) is 7.30. The molecule has 0 unspecified atom stereocenters. The highest BCUT2D eigenvalue weighted by atomic mass is 16.5. The van der Waals surface area contributed by atoms with Crippen molar-refractivity contribution >= 4 is 5.82 Å². The summed E-state index contributed by atoms with van der Waals surface area (Å²) in [6.07, 6.45) is 6.30. The number of aromatic nitrogens is 2. The van der Waals surface area contributed by atoms with Crippen LogP contribution in [-0.4, -0.2) is 67.4 Å². The van der Waals surface area contributed by atoms with E-state index in [1.165, 1.54) is 12.8 Å². The maximum absolute atomic E-state index is 5.70. The molecule has 0 amide bonds. The third-order valence-electron chi connectivity index (χ3n) is 3.99. The van der Waals surface area contributed by atoms with Gasteiger partial charge in [-0.3, -0.25) is 9.88 Å². The molecule has 1 atom stereocenters. The quantitative estimate of drug-likeness (QED) is 0.811. The molecule has 2 aliphatic heterocycles. The van der Waals surface area contributed by atoms with Gasteiger partial charge in [-0.05, 0) is 12.8 Å². The normalized spacial score (nSPS) is 24.1. The van der Waals surface area contributed by atoms with Gasteiger partial charge in [-0.15, -0.1) is 0 Å². The van der Waals surface area contributed by atoms with Crippen LogP contribution in [0.3, 0.4) is 0 Å². The van der Waals surface area contributed by atoms with Gasteiger partial charge in [0.15, 0.2) is 5.82 Å². The van der Waals surface area contributed by atoms with E-state index < -0.39 is 0 Å². The summed E-state index contributed by atoms with van der Waals surface area (Å²) in [5.41, 5.74) is 0. The second-order valence-electron chi connectivity index (χ2n) is 5.34. The molecule has 20 heavy (non-hydrogen) atoms. The second-order valence-corrected chi connectivity index (χ2v) is 5.34. The molecule has 3 rings (SSSR count). The summed E-state index contributed by atoms with van der Waals surface area (Å²) in [7, 11) is 1.62. The number of anilines is 1. The number of nitrogens with zero attached hydrogens (tertiary/aromatic N) is 4. The van der Waals surface area contributed by atoms with Crippen LogP contribution in [0.25, 0.3) is 0 Å². The van der Waals surface area contributed by atoms with E-state index in [1.54, 1.807) is 19.5 Å². The van der Waals surface area contributed by atoms with E-state index in [0.29, 0.717) is 12.0 Å². The van der Waals surface area contributed by atoms with Gasteiger partial charge in [-0.1, -0.05) is 0 Å². The van der Waals surface area contributed by atoms with E-state index in [2.05, 4.69) is 19.8 Å². The molecule has 0 saturated carbocycles. The monoisotopic (exact) mass is 278 g/mol. The lowest BCUT2D eigenvalue weighted by atomic mass is 10.2. The van der Waals surface area contributed by atoms with Crippen LogP contribution in [0.4, 0.5) is 5.82 Å². The molecule has 1 aromatic heterocycles. The van der Waals surface area contributed by atoms with Crippen molar-refractivity contribution in [1.82, 2.24) is 14.9 Å². The maximum Gasteiger partial charge on any atom is 0.233 e. The smallest absolute Gasteiger partial charge is 0.233 e. The van der Waals surface area contributed by atoms with E-state index in [0.717, 1.165) is 45.1 Å². The van der Waals surface area contributed by atoms with Gasteiger partial charge in [0.1, 0.15) is 0 Å². The van der Waals surface area contributed by atoms with Crippen LogP contribution in [-0.2, 0) is 4.74 Å². The minimum atomic E-state index is 0.443. The van der Waals surface area contributed by atoms with Crippen LogP contribution in [0.1, 0.15) is 12.8 Å². The van der Waals surface area contributed by atoms with Crippen molar-refractivity contribution in [3.8, 4) is 5.88 Å². The first kappa shape index (κ1) is 13.6. The van der Waals surface area contributed by atoms with Gasteiger partial charge < -0.3 is 14.4 Å². The Hall–Kier alpha value is -1.40. The minimum Gasteiger partial charge on any atom is -0.480 e. The molecule has 1 aromatic rings. The van der Waals surface area contributed by atoms with E-state index in [9.17, 15) is 0 Å². The summed E-state index contributed by atoms with van der Waals surface area (Å²) in [6.45, 7) is 6.07. The maximum atomic E-state index is 5.70. The van der Waals surface area contributed by atoms with Crippen molar-refractivity contribution in [2.75, 3.05) is 51.3 Å². The van der Waals surface area contributed by atoms with Crippen LogP contribution in [0.2, 0.25) is 0 Å². The average molecular weight is 278 g/mol. The summed E-state index contributed by atoms with van der Waals surface area (Å²) in [5, 5.41) is 0. The topological polar surface area (TPSA) is 50.7 Å². The Morgan fingerprint density at radius 3 is 2.85 bits per heavy atom. The van der Waals surface area contributed by atoms with E-state index in [-0.39, 0.29) is 0 Å². The number of ether oxygens (including phenoxy) is 2. The molecule has 0 aliphatic carbocycles. The van der Waals surface area contributed by atoms with E-state index >= 15 is 0 Å². The SMILES string of the molecule is COc1cncc(N2CCN(C[C@@H]3CCCO3)CC2)n1. The molecule has 0 radical (unpaired) electrons. The predicted molar refractivity (Wildman–Crippen MR) is 76.2 cm³/mol. The third-order valence-corrected chi connectivity index (χ3v) is 3.99. The zero-order chi connectivity index (χ0) is 13.8. The Morgan fingerprint density at radius 2 is 2.15 bits per heavy atom. The summed E-state index contributed by atoms with van der Waals surface area (Å²) >= 11 is 0. The van der Waals surface area contributed by atoms with Crippen molar-refractivity contribution in [3.05, 3.63) is 12.4 Å². The lowest BCUT2D eigenvalue weighted by molar-refractivity contribution is 0.0712. The van der Waals surface area contributed by atoms with Crippen molar-refractivity contribution in [1.29, 1.82) is 0 Å². The zero-order valence-electron chi connectivity index (χ0n) is 12.0. The largest absolute Gasteiger partial charge is 0.480 e. The highest BCUT2D eigenvalue weighted by Crippen LogP contribution is 2.18. The molecule has 110 valence electrons. The van der Waals surface area contributed by atoms with Crippen LogP contribution >= 0.6 is 0 Å². The molecule has 0 bridgehead atoms. The van der Waals surface area contributed by atoms with Gasteiger partial charge >= 0.3 is 0 Å². The number of methoxy groups -OCH3 is 1. The van der Waals surface area contributed by atoms with Gasteiger partial charge in [0, 0.05) is 39.3 Å². The fourth-order valence-corrected chi connectivity index (χ4v) is 2.82. The van der Waals surface area contributed by atoms with Gasteiger partial charge in [0.2, 0.25) is 5.88 Å².